The van der Waals surface area contributed by atoms with Crippen molar-refractivity contribution in [3.05, 3.63) is 18.5 Å². The molecule has 1 aromatic rings. The van der Waals surface area contributed by atoms with Crippen LogP contribution in [0.15, 0.2) is 18.5 Å². The lowest BCUT2D eigenvalue weighted by atomic mass is 10.1. The van der Waals surface area contributed by atoms with Gasteiger partial charge >= 0.3 is 0 Å². The van der Waals surface area contributed by atoms with Crippen molar-refractivity contribution >= 4 is 5.69 Å². The molecule has 0 bridgehead atoms. The SMILES string of the molecule is CN(C)c1ccn(C(C)(C)C)c1. The fourth-order valence-corrected chi connectivity index (χ4v) is 1.07. The molecule has 2 nitrogen and oxygen atoms in total. The Bertz CT molecular complexity index is 253. The van der Waals surface area contributed by atoms with Gasteiger partial charge in [0.2, 0.25) is 0 Å². The molecule has 2 heteroatoms. The number of aromatic nitrogens is 1. The van der Waals surface area contributed by atoms with Crippen LogP contribution in [0.1, 0.15) is 20.8 Å². The third kappa shape index (κ3) is 1.81. The molecule has 0 spiro atoms. The minimum absolute atomic E-state index is 0.189. The quantitative estimate of drug-likeness (QED) is 0.621. The van der Waals surface area contributed by atoms with Gasteiger partial charge in [-0.25, -0.2) is 0 Å². The lowest BCUT2D eigenvalue weighted by molar-refractivity contribution is 0.398. The first-order chi connectivity index (χ1) is 5.41. The molecular formula is C10H18N2. The highest BCUT2D eigenvalue weighted by atomic mass is 15.1. The zero-order chi connectivity index (χ0) is 9.35. The number of hydrogen-bond donors (Lipinski definition) is 0. The summed E-state index contributed by atoms with van der Waals surface area (Å²) in [4.78, 5) is 2.11. The van der Waals surface area contributed by atoms with Crippen molar-refractivity contribution < 1.29 is 0 Å². The van der Waals surface area contributed by atoms with Crippen molar-refractivity contribution in [2.24, 2.45) is 0 Å². The van der Waals surface area contributed by atoms with E-state index in [4.69, 9.17) is 0 Å². The highest BCUT2D eigenvalue weighted by molar-refractivity contribution is 5.43. The van der Waals surface area contributed by atoms with Crippen molar-refractivity contribution in [1.82, 2.24) is 4.57 Å². The first-order valence-corrected chi connectivity index (χ1v) is 4.27. The summed E-state index contributed by atoms with van der Waals surface area (Å²) in [7, 11) is 4.12. The van der Waals surface area contributed by atoms with Gasteiger partial charge in [0.15, 0.2) is 0 Å². The van der Waals surface area contributed by atoms with Crippen molar-refractivity contribution in [2.75, 3.05) is 19.0 Å². The number of nitrogens with zero attached hydrogens (tertiary/aromatic N) is 2. The van der Waals surface area contributed by atoms with Crippen LogP contribution in [0, 0.1) is 0 Å². The number of anilines is 1. The van der Waals surface area contributed by atoms with Gasteiger partial charge in [0.05, 0.1) is 5.69 Å². The molecule has 1 rings (SSSR count). The summed E-state index contributed by atoms with van der Waals surface area (Å²) in [5, 5.41) is 0. The third-order valence-corrected chi connectivity index (χ3v) is 1.97. The van der Waals surface area contributed by atoms with Crippen LogP contribution < -0.4 is 4.90 Å². The smallest absolute Gasteiger partial charge is 0.0540 e. The van der Waals surface area contributed by atoms with Gasteiger partial charge in [-0.1, -0.05) is 0 Å². The largest absolute Gasteiger partial charge is 0.376 e. The van der Waals surface area contributed by atoms with Gasteiger partial charge in [0, 0.05) is 32.0 Å². The normalized spacial score (nSPS) is 11.8. The van der Waals surface area contributed by atoms with Crippen LogP contribution >= 0.6 is 0 Å². The fraction of sp³-hybridized carbons (Fsp3) is 0.600. The molecule has 0 fully saturated rings. The summed E-state index contributed by atoms with van der Waals surface area (Å²) in [6.45, 7) is 6.60. The first-order valence-electron chi connectivity index (χ1n) is 4.27. The summed E-state index contributed by atoms with van der Waals surface area (Å²) < 4.78 is 2.22. The Balaban J connectivity index is 2.92. The van der Waals surface area contributed by atoms with Crippen LogP contribution in [-0.2, 0) is 5.54 Å². The second kappa shape index (κ2) is 2.85. The molecule has 12 heavy (non-hydrogen) atoms. The van der Waals surface area contributed by atoms with E-state index in [1.165, 1.54) is 5.69 Å². The van der Waals surface area contributed by atoms with Crippen LogP contribution in [0.4, 0.5) is 5.69 Å². The molecule has 0 aromatic carbocycles. The highest BCUT2D eigenvalue weighted by Crippen LogP contribution is 2.19. The van der Waals surface area contributed by atoms with Gasteiger partial charge in [0.25, 0.3) is 0 Å². The predicted molar refractivity (Wildman–Crippen MR) is 53.8 cm³/mol. The summed E-state index contributed by atoms with van der Waals surface area (Å²) in [6.07, 6.45) is 4.29. The molecular weight excluding hydrogens is 148 g/mol. The topological polar surface area (TPSA) is 8.17 Å². The molecule has 68 valence electrons. The minimum Gasteiger partial charge on any atom is -0.376 e. The van der Waals surface area contributed by atoms with E-state index in [2.05, 4.69) is 62.8 Å². The van der Waals surface area contributed by atoms with Gasteiger partial charge in [-0.05, 0) is 26.8 Å². The molecule has 0 aliphatic carbocycles. The first kappa shape index (κ1) is 9.17. The molecule has 0 saturated heterocycles. The van der Waals surface area contributed by atoms with E-state index in [0.29, 0.717) is 0 Å². The van der Waals surface area contributed by atoms with Crippen LogP contribution in [0.3, 0.4) is 0 Å². The summed E-state index contributed by atoms with van der Waals surface area (Å²) in [5.74, 6) is 0. The zero-order valence-electron chi connectivity index (χ0n) is 8.63. The average Bonchev–Trinajstić information content (AvgIpc) is 2.30. The third-order valence-electron chi connectivity index (χ3n) is 1.97. The van der Waals surface area contributed by atoms with E-state index in [0.717, 1.165) is 0 Å². The van der Waals surface area contributed by atoms with E-state index >= 15 is 0 Å². The van der Waals surface area contributed by atoms with Gasteiger partial charge in [-0.2, -0.15) is 0 Å². The summed E-state index contributed by atoms with van der Waals surface area (Å²) in [6, 6.07) is 2.13. The lowest BCUT2D eigenvalue weighted by Gasteiger charge is -2.21. The van der Waals surface area contributed by atoms with Crippen molar-refractivity contribution in [1.29, 1.82) is 0 Å². The Morgan fingerprint density at radius 3 is 2.08 bits per heavy atom. The molecule has 0 radical (unpaired) electrons. The Morgan fingerprint density at radius 2 is 1.83 bits per heavy atom. The molecule has 1 heterocycles. The fourth-order valence-electron chi connectivity index (χ4n) is 1.07. The van der Waals surface area contributed by atoms with Crippen molar-refractivity contribution in [3.8, 4) is 0 Å². The Hall–Kier alpha value is -0.920. The van der Waals surface area contributed by atoms with Crippen molar-refractivity contribution in [3.63, 3.8) is 0 Å². The summed E-state index contributed by atoms with van der Waals surface area (Å²) >= 11 is 0. The monoisotopic (exact) mass is 166 g/mol. The maximum Gasteiger partial charge on any atom is 0.0540 e. The number of rotatable bonds is 1. The number of hydrogen-bond acceptors (Lipinski definition) is 1. The molecule has 0 aliphatic heterocycles. The minimum atomic E-state index is 0.189. The van der Waals surface area contributed by atoms with Crippen LogP contribution in [0.2, 0.25) is 0 Å². The molecule has 0 saturated carbocycles. The average molecular weight is 166 g/mol. The van der Waals surface area contributed by atoms with E-state index in [9.17, 15) is 0 Å². The molecule has 0 atom stereocenters. The second-order valence-electron chi connectivity index (χ2n) is 4.34. The second-order valence-corrected chi connectivity index (χ2v) is 4.34. The predicted octanol–water partition coefficient (Wildman–Crippen LogP) is 2.31. The van der Waals surface area contributed by atoms with Gasteiger partial charge in [-0.3, -0.25) is 0 Å². The van der Waals surface area contributed by atoms with Gasteiger partial charge in [-0.15, -0.1) is 0 Å². The molecule has 0 aliphatic rings. The summed E-state index contributed by atoms with van der Waals surface area (Å²) in [5.41, 5.74) is 1.44. The van der Waals surface area contributed by atoms with Gasteiger partial charge in [0.1, 0.15) is 0 Å². The standard InChI is InChI=1S/C10H18N2/c1-10(2,3)12-7-6-9(8-12)11(4)5/h6-8H,1-5H3. The van der Waals surface area contributed by atoms with Crippen LogP contribution in [-0.4, -0.2) is 18.7 Å². The molecule has 0 unspecified atom stereocenters. The maximum atomic E-state index is 2.22. The zero-order valence-corrected chi connectivity index (χ0v) is 8.63. The lowest BCUT2D eigenvalue weighted by Crippen LogP contribution is -2.19. The van der Waals surface area contributed by atoms with E-state index < -0.39 is 0 Å². The highest BCUT2D eigenvalue weighted by Gasteiger charge is 2.12. The maximum absolute atomic E-state index is 2.22. The van der Waals surface area contributed by atoms with Crippen LogP contribution in [0.5, 0.6) is 0 Å². The van der Waals surface area contributed by atoms with E-state index in [1.807, 2.05) is 0 Å². The van der Waals surface area contributed by atoms with Gasteiger partial charge < -0.3 is 9.47 Å². The Kier molecular flexibility index (Phi) is 2.18. The molecule has 0 amide bonds. The molecule has 0 N–H and O–H groups in total. The molecule has 1 aromatic heterocycles. The Morgan fingerprint density at radius 1 is 1.25 bits per heavy atom. The van der Waals surface area contributed by atoms with E-state index in [-0.39, 0.29) is 5.54 Å². The van der Waals surface area contributed by atoms with Crippen LogP contribution in [0.25, 0.3) is 0 Å². The van der Waals surface area contributed by atoms with Crippen molar-refractivity contribution in [2.45, 2.75) is 26.3 Å². The van der Waals surface area contributed by atoms with E-state index in [1.54, 1.807) is 0 Å². The Labute approximate surface area is 74.8 Å².